The Morgan fingerprint density at radius 2 is 2.00 bits per heavy atom. The predicted octanol–water partition coefficient (Wildman–Crippen LogP) is 0.735. The summed E-state index contributed by atoms with van der Waals surface area (Å²) in [5, 5.41) is 2.88. The summed E-state index contributed by atoms with van der Waals surface area (Å²) < 4.78 is 0. The maximum Gasteiger partial charge on any atom is 0.227 e. The summed E-state index contributed by atoms with van der Waals surface area (Å²) in [5.41, 5.74) is 6.30. The van der Waals surface area contributed by atoms with Crippen molar-refractivity contribution in [2.24, 2.45) is 29.4 Å². The van der Waals surface area contributed by atoms with Gasteiger partial charge in [0.1, 0.15) is 0 Å². The molecule has 5 atom stereocenters. The van der Waals surface area contributed by atoms with Gasteiger partial charge in [0.05, 0.1) is 5.92 Å². The summed E-state index contributed by atoms with van der Waals surface area (Å²) in [6.07, 6.45) is 5.66. The lowest BCUT2D eigenvalue weighted by Crippen LogP contribution is -2.51. The number of carbonyl (C=O) groups is 2. The number of carbonyl (C=O) groups excluding carboxylic acids is 2. The highest BCUT2D eigenvalue weighted by atomic mass is 16.2. The summed E-state index contributed by atoms with van der Waals surface area (Å²) in [7, 11) is 0. The molecule has 3 rings (SSSR count). The van der Waals surface area contributed by atoms with Crippen LogP contribution in [0.25, 0.3) is 0 Å². The van der Waals surface area contributed by atoms with E-state index in [4.69, 9.17) is 5.73 Å². The Hall–Kier alpha value is -1.10. The summed E-state index contributed by atoms with van der Waals surface area (Å²) in [4.78, 5) is 25.9. The van der Waals surface area contributed by atoms with Gasteiger partial charge in [-0.2, -0.15) is 0 Å². The second kappa shape index (κ2) is 5.95. The number of fused-ring (bicyclic) bond motifs is 2. The molecule has 2 saturated carbocycles. The van der Waals surface area contributed by atoms with Crippen molar-refractivity contribution in [3.8, 4) is 0 Å². The highest BCUT2D eigenvalue weighted by molar-refractivity contribution is 5.80. The number of hydrogen-bond acceptors (Lipinski definition) is 3. The van der Waals surface area contributed by atoms with Crippen molar-refractivity contribution in [3.05, 3.63) is 0 Å². The van der Waals surface area contributed by atoms with Crippen LogP contribution in [0.5, 0.6) is 0 Å². The first kappa shape index (κ1) is 14.8. The normalized spacial score (nSPS) is 38.6. The molecule has 2 bridgehead atoms. The Bertz CT molecular complexity index is 424. The van der Waals surface area contributed by atoms with Gasteiger partial charge in [0.2, 0.25) is 11.8 Å². The van der Waals surface area contributed by atoms with Gasteiger partial charge in [0.25, 0.3) is 0 Å². The van der Waals surface area contributed by atoms with Crippen molar-refractivity contribution in [1.82, 2.24) is 10.2 Å². The van der Waals surface area contributed by atoms with Gasteiger partial charge in [0.15, 0.2) is 0 Å². The molecule has 2 aliphatic carbocycles. The lowest BCUT2D eigenvalue weighted by atomic mass is 9.83. The molecule has 0 radical (unpaired) electrons. The van der Waals surface area contributed by atoms with Crippen LogP contribution < -0.4 is 11.1 Å². The van der Waals surface area contributed by atoms with Crippen molar-refractivity contribution < 1.29 is 9.59 Å². The van der Waals surface area contributed by atoms with E-state index in [2.05, 4.69) is 5.32 Å². The fraction of sp³-hybridized carbons (Fsp3) is 0.875. The molecule has 3 fully saturated rings. The molecule has 0 aromatic rings. The van der Waals surface area contributed by atoms with Crippen molar-refractivity contribution in [1.29, 1.82) is 0 Å². The van der Waals surface area contributed by atoms with Crippen LogP contribution in [0.2, 0.25) is 0 Å². The minimum Gasteiger partial charge on any atom is -0.356 e. The molecular formula is C16H27N3O2. The number of amides is 2. The number of nitrogens with two attached hydrogens (primary N) is 1. The van der Waals surface area contributed by atoms with Crippen molar-refractivity contribution in [3.63, 3.8) is 0 Å². The average Bonchev–Trinajstić information content (AvgIpc) is 3.05. The van der Waals surface area contributed by atoms with E-state index in [1.54, 1.807) is 6.92 Å². The van der Waals surface area contributed by atoms with Gasteiger partial charge >= 0.3 is 0 Å². The van der Waals surface area contributed by atoms with Gasteiger partial charge in [-0.25, -0.2) is 0 Å². The van der Waals surface area contributed by atoms with Gasteiger partial charge in [-0.3, -0.25) is 9.59 Å². The summed E-state index contributed by atoms with van der Waals surface area (Å²) in [5.74, 6) is 1.83. The van der Waals surface area contributed by atoms with Crippen LogP contribution in [-0.2, 0) is 9.59 Å². The van der Waals surface area contributed by atoms with Gasteiger partial charge in [-0.05, 0) is 49.9 Å². The molecule has 0 aromatic heterocycles. The van der Waals surface area contributed by atoms with Crippen LogP contribution in [0.15, 0.2) is 0 Å². The van der Waals surface area contributed by atoms with Gasteiger partial charge in [-0.15, -0.1) is 0 Å². The van der Waals surface area contributed by atoms with Crippen LogP contribution >= 0.6 is 0 Å². The second-order valence-corrected chi connectivity index (χ2v) is 7.17. The number of hydrogen-bond donors (Lipinski definition) is 2. The fourth-order valence-corrected chi connectivity index (χ4v) is 4.63. The first-order valence-corrected chi connectivity index (χ1v) is 8.35. The van der Waals surface area contributed by atoms with Crippen LogP contribution in [0.3, 0.4) is 0 Å². The lowest BCUT2D eigenvalue weighted by molar-refractivity contribution is -0.139. The van der Waals surface area contributed by atoms with Crippen LogP contribution in [0.4, 0.5) is 0 Å². The Morgan fingerprint density at radius 1 is 1.24 bits per heavy atom. The molecule has 1 heterocycles. The number of likely N-dealkylation sites (tertiary alicyclic amines) is 1. The summed E-state index contributed by atoms with van der Waals surface area (Å²) >= 11 is 0. The number of piperidine rings is 1. The van der Waals surface area contributed by atoms with Gasteiger partial charge in [-0.1, -0.05) is 0 Å². The smallest absolute Gasteiger partial charge is 0.227 e. The SMILES string of the molecule is CC(=O)NCC1CCCN(C(=O)C2C3CCC(C3)C2N)C1. The zero-order chi connectivity index (χ0) is 15.0. The quantitative estimate of drug-likeness (QED) is 0.805. The van der Waals surface area contributed by atoms with Crippen molar-refractivity contribution in [2.75, 3.05) is 19.6 Å². The third-order valence-corrected chi connectivity index (χ3v) is 5.74. The van der Waals surface area contributed by atoms with E-state index in [1.165, 1.54) is 12.8 Å². The third kappa shape index (κ3) is 2.93. The first-order chi connectivity index (χ1) is 10.1. The summed E-state index contributed by atoms with van der Waals surface area (Å²) in [6.45, 7) is 3.86. The van der Waals surface area contributed by atoms with E-state index < -0.39 is 0 Å². The van der Waals surface area contributed by atoms with Gasteiger partial charge in [0, 0.05) is 32.6 Å². The molecule has 5 unspecified atom stereocenters. The van der Waals surface area contributed by atoms with E-state index in [0.717, 1.165) is 32.4 Å². The lowest BCUT2D eigenvalue weighted by Gasteiger charge is -2.37. The minimum absolute atomic E-state index is 0.00794. The van der Waals surface area contributed by atoms with Crippen LogP contribution in [0.1, 0.15) is 39.0 Å². The number of nitrogens with one attached hydrogen (secondary N) is 1. The van der Waals surface area contributed by atoms with Crippen LogP contribution in [0, 0.1) is 23.7 Å². The summed E-state index contributed by atoms with van der Waals surface area (Å²) in [6, 6.07) is 0.0759. The molecular weight excluding hydrogens is 266 g/mol. The topological polar surface area (TPSA) is 75.4 Å². The zero-order valence-electron chi connectivity index (χ0n) is 12.9. The third-order valence-electron chi connectivity index (χ3n) is 5.74. The second-order valence-electron chi connectivity index (χ2n) is 7.17. The minimum atomic E-state index is 0.00794. The molecule has 0 spiro atoms. The maximum atomic E-state index is 12.8. The highest BCUT2D eigenvalue weighted by Crippen LogP contribution is 2.48. The molecule has 3 N–H and O–H groups in total. The fourth-order valence-electron chi connectivity index (χ4n) is 4.63. The average molecular weight is 293 g/mol. The molecule has 0 aromatic carbocycles. The van der Waals surface area contributed by atoms with E-state index in [-0.39, 0.29) is 23.8 Å². The van der Waals surface area contributed by atoms with E-state index >= 15 is 0 Å². The largest absolute Gasteiger partial charge is 0.356 e. The molecule has 118 valence electrons. The molecule has 3 aliphatic rings. The molecule has 21 heavy (non-hydrogen) atoms. The van der Waals surface area contributed by atoms with E-state index in [1.807, 2.05) is 4.90 Å². The Labute approximate surface area is 126 Å². The van der Waals surface area contributed by atoms with Crippen molar-refractivity contribution in [2.45, 2.75) is 45.1 Å². The monoisotopic (exact) mass is 293 g/mol. The number of rotatable bonds is 3. The molecule has 1 saturated heterocycles. The molecule has 5 heteroatoms. The van der Waals surface area contributed by atoms with Crippen LogP contribution in [-0.4, -0.2) is 42.4 Å². The van der Waals surface area contributed by atoms with E-state index in [9.17, 15) is 9.59 Å². The standard InChI is InChI=1S/C16H27N3O2/c1-10(20)18-8-11-3-2-6-19(9-11)16(21)14-12-4-5-13(7-12)15(14)17/h11-15H,2-9,17H2,1H3,(H,18,20). The van der Waals surface area contributed by atoms with E-state index in [0.29, 0.717) is 24.3 Å². The number of nitrogens with zero attached hydrogens (tertiary/aromatic N) is 1. The Morgan fingerprint density at radius 3 is 2.67 bits per heavy atom. The van der Waals surface area contributed by atoms with Crippen molar-refractivity contribution >= 4 is 11.8 Å². The Kier molecular flexibility index (Phi) is 4.20. The molecule has 5 nitrogen and oxygen atoms in total. The van der Waals surface area contributed by atoms with Gasteiger partial charge < -0.3 is 16.0 Å². The highest BCUT2D eigenvalue weighted by Gasteiger charge is 2.50. The molecule has 2 amide bonds. The Balaban J connectivity index is 1.58. The first-order valence-electron chi connectivity index (χ1n) is 8.35. The maximum absolute atomic E-state index is 12.8. The molecule has 1 aliphatic heterocycles. The zero-order valence-corrected chi connectivity index (χ0v) is 12.9. The predicted molar refractivity (Wildman–Crippen MR) is 80.3 cm³/mol.